The smallest absolute Gasteiger partial charge is 0.250 e. The molecular formula is C19H23N5OS. The lowest BCUT2D eigenvalue weighted by molar-refractivity contribution is 0.0999. The van der Waals surface area contributed by atoms with Gasteiger partial charge in [0.25, 0.3) is 5.91 Å². The van der Waals surface area contributed by atoms with E-state index in [9.17, 15) is 4.79 Å². The molecule has 0 fully saturated rings. The number of nitrogens with one attached hydrogen (secondary N) is 1. The first kappa shape index (κ1) is 18.1. The first-order chi connectivity index (χ1) is 12.5. The van der Waals surface area contributed by atoms with Gasteiger partial charge in [-0.15, -0.1) is 11.3 Å². The highest BCUT2D eigenvalue weighted by molar-refractivity contribution is 7.14. The zero-order valence-corrected chi connectivity index (χ0v) is 16.0. The third-order valence-electron chi connectivity index (χ3n) is 4.24. The van der Waals surface area contributed by atoms with Crippen molar-refractivity contribution in [3.63, 3.8) is 0 Å². The molecule has 1 amide bonds. The summed E-state index contributed by atoms with van der Waals surface area (Å²) in [5.41, 5.74) is 9.64. The highest BCUT2D eigenvalue weighted by Crippen LogP contribution is 2.30. The molecule has 0 aliphatic carbocycles. The fourth-order valence-corrected chi connectivity index (χ4v) is 3.52. The van der Waals surface area contributed by atoms with Gasteiger partial charge in [0.05, 0.1) is 28.8 Å². The van der Waals surface area contributed by atoms with Crippen LogP contribution in [0.1, 0.15) is 36.3 Å². The van der Waals surface area contributed by atoms with Crippen LogP contribution in [0.5, 0.6) is 0 Å². The molecule has 0 spiro atoms. The second kappa shape index (κ2) is 7.70. The van der Waals surface area contributed by atoms with Gasteiger partial charge < -0.3 is 15.6 Å². The molecule has 0 unspecified atom stereocenters. The number of pyridine rings is 1. The second-order valence-corrected chi connectivity index (χ2v) is 7.49. The quantitative estimate of drug-likeness (QED) is 0.653. The average molecular weight is 369 g/mol. The number of carbonyl (C=O) groups excluding carboxylic acids is 1. The Morgan fingerprint density at radius 3 is 2.88 bits per heavy atom. The summed E-state index contributed by atoms with van der Waals surface area (Å²) in [5, 5.41) is 6.02. The number of amides is 1. The summed E-state index contributed by atoms with van der Waals surface area (Å²) < 4.78 is 2.14. The van der Waals surface area contributed by atoms with E-state index in [1.165, 1.54) is 11.3 Å². The van der Waals surface area contributed by atoms with E-state index in [2.05, 4.69) is 33.7 Å². The van der Waals surface area contributed by atoms with Gasteiger partial charge in [-0.3, -0.25) is 9.78 Å². The molecule has 0 saturated heterocycles. The maximum Gasteiger partial charge on any atom is 0.250 e. The molecule has 0 aliphatic rings. The summed E-state index contributed by atoms with van der Waals surface area (Å²) >= 11 is 1.52. The van der Waals surface area contributed by atoms with Crippen LogP contribution in [0.3, 0.4) is 0 Å². The SMILES string of the molecule is Cc1c(C(N)=O)cc(-c2csc(Nc3cccnc3)n2)n1CCC(C)C. The fourth-order valence-electron chi connectivity index (χ4n) is 2.79. The first-order valence-corrected chi connectivity index (χ1v) is 9.46. The van der Waals surface area contributed by atoms with Gasteiger partial charge in [0.2, 0.25) is 0 Å². The van der Waals surface area contributed by atoms with Crippen molar-refractivity contribution in [2.24, 2.45) is 11.7 Å². The van der Waals surface area contributed by atoms with Crippen LogP contribution in [0.25, 0.3) is 11.4 Å². The molecule has 136 valence electrons. The Morgan fingerprint density at radius 2 is 2.23 bits per heavy atom. The topological polar surface area (TPSA) is 85.8 Å². The second-order valence-electron chi connectivity index (χ2n) is 6.63. The number of nitrogens with two attached hydrogens (primary N) is 1. The first-order valence-electron chi connectivity index (χ1n) is 8.58. The fraction of sp³-hybridized carbons (Fsp3) is 0.316. The highest BCUT2D eigenvalue weighted by Gasteiger charge is 2.18. The normalized spacial score (nSPS) is 11.1. The van der Waals surface area contributed by atoms with Crippen molar-refractivity contribution >= 4 is 28.1 Å². The standard InChI is InChI=1S/C19H23N5OS/c1-12(2)6-8-24-13(3)15(18(20)25)9-17(24)16-11-26-19(23-16)22-14-5-4-7-21-10-14/h4-5,7,9-12H,6,8H2,1-3H3,(H2,20,25)(H,22,23). The molecule has 3 aromatic rings. The molecule has 0 radical (unpaired) electrons. The predicted octanol–water partition coefficient (Wildman–Crippen LogP) is 4.20. The van der Waals surface area contributed by atoms with Crippen LogP contribution in [-0.2, 0) is 6.54 Å². The molecule has 0 aromatic carbocycles. The number of carbonyl (C=O) groups is 1. The summed E-state index contributed by atoms with van der Waals surface area (Å²) in [6, 6.07) is 5.66. The highest BCUT2D eigenvalue weighted by atomic mass is 32.1. The zero-order chi connectivity index (χ0) is 18.7. The molecular weight excluding hydrogens is 346 g/mol. The van der Waals surface area contributed by atoms with Gasteiger partial charge in [-0.1, -0.05) is 13.8 Å². The van der Waals surface area contributed by atoms with Crippen molar-refractivity contribution in [2.45, 2.75) is 33.7 Å². The molecule has 0 atom stereocenters. The number of nitrogens with zero attached hydrogens (tertiary/aromatic N) is 3. The monoisotopic (exact) mass is 369 g/mol. The van der Waals surface area contributed by atoms with Crippen molar-refractivity contribution in [1.82, 2.24) is 14.5 Å². The number of aromatic nitrogens is 3. The molecule has 7 heteroatoms. The summed E-state index contributed by atoms with van der Waals surface area (Å²) in [4.78, 5) is 20.6. The number of hydrogen-bond acceptors (Lipinski definition) is 5. The Labute approximate surface area is 157 Å². The lowest BCUT2D eigenvalue weighted by Gasteiger charge is -2.12. The summed E-state index contributed by atoms with van der Waals surface area (Å²) in [6.45, 7) is 7.14. The lowest BCUT2D eigenvalue weighted by Crippen LogP contribution is -2.13. The molecule has 26 heavy (non-hydrogen) atoms. The average Bonchev–Trinajstić information content (AvgIpc) is 3.18. The van der Waals surface area contributed by atoms with E-state index in [1.54, 1.807) is 12.4 Å². The van der Waals surface area contributed by atoms with Crippen LogP contribution in [0.15, 0.2) is 36.0 Å². The molecule has 0 aliphatic heterocycles. The molecule has 6 nitrogen and oxygen atoms in total. The minimum atomic E-state index is -0.406. The summed E-state index contributed by atoms with van der Waals surface area (Å²) in [6.07, 6.45) is 4.50. The van der Waals surface area contributed by atoms with Crippen LogP contribution in [-0.4, -0.2) is 20.4 Å². The Hall–Kier alpha value is -2.67. The number of hydrogen-bond donors (Lipinski definition) is 2. The van der Waals surface area contributed by atoms with Crippen molar-refractivity contribution in [3.8, 4) is 11.4 Å². The van der Waals surface area contributed by atoms with E-state index in [4.69, 9.17) is 5.73 Å². The van der Waals surface area contributed by atoms with E-state index in [-0.39, 0.29) is 0 Å². The van der Waals surface area contributed by atoms with Crippen molar-refractivity contribution in [3.05, 3.63) is 47.2 Å². The van der Waals surface area contributed by atoms with E-state index in [0.717, 1.165) is 40.9 Å². The van der Waals surface area contributed by atoms with Crippen LogP contribution < -0.4 is 11.1 Å². The summed E-state index contributed by atoms with van der Waals surface area (Å²) in [7, 11) is 0. The van der Waals surface area contributed by atoms with Crippen molar-refractivity contribution in [1.29, 1.82) is 0 Å². The minimum Gasteiger partial charge on any atom is -0.366 e. The van der Waals surface area contributed by atoms with Gasteiger partial charge in [-0.25, -0.2) is 4.98 Å². The minimum absolute atomic E-state index is 0.406. The molecule has 3 rings (SSSR count). The van der Waals surface area contributed by atoms with Crippen LogP contribution in [0.2, 0.25) is 0 Å². The maximum atomic E-state index is 11.8. The van der Waals surface area contributed by atoms with Crippen molar-refractivity contribution < 1.29 is 4.79 Å². The summed E-state index contributed by atoms with van der Waals surface area (Å²) in [5.74, 6) is 0.163. The number of primary amides is 1. The van der Waals surface area contributed by atoms with Crippen molar-refractivity contribution in [2.75, 3.05) is 5.32 Å². The Bertz CT molecular complexity index is 898. The van der Waals surface area contributed by atoms with Gasteiger partial charge >= 0.3 is 0 Å². The number of rotatable bonds is 7. The van der Waals surface area contributed by atoms with E-state index >= 15 is 0 Å². The maximum absolute atomic E-state index is 11.8. The van der Waals surface area contributed by atoms with Gasteiger partial charge in [-0.05, 0) is 37.5 Å². The van der Waals surface area contributed by atoms with Gasteiger partial charge in [0.1, 0.15) is 0 Å². The Balaban J connectivity index is 1.92. The zero-order valence-electron chi connectivity index (χ0n) is 15.2. The molecule has 3 heterocycles. The third-order valence-corrected chi connectivity index (χ3v) is 5.00. The van der Waals surface area contributed by atoms with Crippen LogP contribution in [0.4, 0.5) is 10.8 Å². The third kappa shape index (κ3) is 3.94. The van der Waals surface area contributed by atoms with Crippen LogP contribution >= 0.6 is 11.3 Å². The van der Waals surface area contributed by atoms with Crippen LogP contribution in [0, 0.1) is 12.8 Å². The van der Waals surface area contributed by atoms with Gasteiger partial charge in [0, 0.05) is 23.8 Å². The molecule has 0 bridgehead atoms. The Kier molecular flexibility index (Phi) is 5.37. The number of anilines is 2. The largest absolute Gasteiger partial charge is 0.366 e. The van der Waals surface area contributed by atoms with E-state index in [0.29, 0.717) is 11.5 Å². The predicted molar refractivity (Wildman–Crippen MR) is 106 cm³/mol. The molecule has 3 N–H and O–H groups in total. The molecule has 3 aromatic heterocycles. The van der Waals surface area contributed by atoms with E-state index < -0.39 is 5.91 Å². The van der Waals surface area contributed by atoms with E-state index in [1.807, 2.05) is 30.5 Å². The van der Waals surface area contributed by atoms with Gasteiger partial charge in [-0.2, -0.15) is 0 Å². The van der Waals surface area contributed by atoms with Gasteiger partial charge in [0.15, 0.2) is 5.13 Å². The number of thiazole rings is 1. The lowest BCUT2D eigenvalue weighted by atomic mass is 10.1. The Morgan fingerprint density at radius 1 is 1.42 bits per heavy atom. The molecule has 0 saturated carbocycles.